The van der Waals surface area contributed by atoms with E-state index in [9.17, 15) is 22.4 Å². The van der Waals surface area contributed by atoms with Gasteiger partial charge in [-0.2, -0.15) is 13.2 Å². The Morgan fingerprint density at radius 3 is 2.52 bits per heavy atom. The van der Waals surface area contributed by atoms with Gasteiger partial charge in [-0.1, -0.05) is 23.4 Å². The molecule has 0 saturated heterocycles. The normalized spacial score (nSPS) is 11.5. The molecular formula is C17H12ClF4N5OS. The van der Waals surface area contributed by atoms with Gasteiger partial charge in [0.25, 0.3) is 0 Å². The van der Waals surface area contributed by atoms with E-state index >= 15 is 0 Å². The molecule has 0 atom stereocenters. The zero-order chi connectivity index (χ0) is 21.2. The maximum absolute atomic E-state index is 13.0. The van der Waals surface area contributed by atoms with Gasteiger partial charge in [0.15, 0.2) is 5.82 Å². The van der Waals surface area contributed by atoms with E-state index in [1.54, 1.807) is 0 Å². The number of alkyl halides is 3. The first-order chi connectivity index (χ1) is 13.6. The molecular weight excluding hydrogens is 434 g/mol. The molecule has 0 spiro atoms. The van der Waals surface area contributed by atoms with Crippen molar-refractivity contribution in [3.8, 4) is 11.4 Å². The molecule has 152 valence electrons. The third-order valence-electron chi connectivity index (χ3n) is 3.65. The molecule has 2 aromatic carbocycles. The monoisotopic (exact) mass is 445 g/mol. The van der Waals surface area contributed by atoms with Crippen LogP contribution in [0.4, 0.5) is 23.2 Å². The topological polar surface area (TPSA) is 85.8 Å². The zero-order valence-corrected chi connectivity index (χ0v) is 15.9. The Balaban J connectivity index is 1.65. The first-order valence-electron chi connectivity index (χ1n) is 7.91. The SMILES string of the molecule is Nn1c(SCC(=O)Nc2ccc(Cl)c(C(F)(F)F)c2)nnc1-c1ccc(F)cc1. The van der Waals surface area contributed by atoms with Gasteiger partial charge in [0.1, 0.15) is 5.82 Å². The van der Waals surface area contributed by atoms with Crippen LogP contribution in [0, 0.1) is 5.82 Å². The Morgan fingerprint density at radius 2 is 1.86 bits per heavy atom. The number of carbonyl (C=O) groups is 1. The van der Waals surface area contributed by atoms with Crippen molar-refractivity contribution in [2.45, 2.75) is 11.3 Å². The predicted octanol–water partition coefficient (Wildman–Crippen LogP) is 4.20. The van der Waals surface area contributed by atoms with E-state index in [1.807, 2.05) is 0 Å². The molecule has 0 bridgehead atoms. The van der Waals surface area contributed by atoms with Crippen LogP contribution in [-0.2, 0) is 11.0 Å². The number of nitrogen functional groups attached to an aromatic ring is 1. The maximum Gasteiger partial charge on any atom is 0.417 e. The van der Waals surface area contributed by atoms with E-state index in [2.05, 4.69) is 15.5 Å². The minimum absolute atomic E-state index is 0.0476. The number of rotatable bonds is 5. The van der Waals surface area contributed by atoms with Crippen molar-refractivity contribution in [2.24, 2.45) is 0 Å². The number of nitrogens with one attached hydrogen (secondary N) is 1. The van der Waals surface area contributed by atoms with Crippen LogP contribution in [0.3, 0.4) is 0 Å². The highest BCUT2D eigenvalue weighted by Gasteiger charge is 2.33. The molecule has 12 heteroatoms. The summed E-state index contributed by atoms with van der Waals surface area (Å²) < 4.78 is 52.8. The highest BCUT2D eigenvalue weighted by Crippen LogP contribution is 2.36. The number of halogens is 5. The summed E-state index contributed by atoms with van der Waals surface area (Å²) in [6.45, 7) is 0. The Kier molecular flexibility index (Phi) is 5.99. The van der Waals surface area contributed by atoms with Gasteiger partial charge in [0.05, 0.1) is 16.3 Å². The predicted molar refractivity (Wildman–Crippen MR) is 101 cm³/mol. The quantitative estimate of drug-likeness (QED) is 0.349. The Morgan fingerprint density at radius 1 is 1.17 bits per heavy atom. The first-order valence-corrected chi connectivity index (χ1v) is 9.27. The molecule has 29 heavy (non-hydrogen) atoms. The Labute approximate surface area is 171 Å². The Hall–Kier alpha value is -2.79. The van der Waals surface area contributed by atoms with Crippen LogP contribution >= 0.6 is 23.4 Å². The van der Waals surface area contributed by atoms with Gasteiger partial charge in [0.2, 0.25) is 11.1 Å². The van der Waals surface area contributed by atoms with Crippen molar-refractivity contribution in [3.63, 3.8) is 0 Å². The molecule has 1 heterocycles. The zero-order valence-electron chi connectivity index (χ0n) is 14.4. The summed E-state index contributed by atoms with van der Waals surface area (Å²) >= 11 is 6.48. The second-order valence-electron chi connectivity index (χ2n) is 5.71. The summed E-state index contributed by atoms with van der Waals surface area (Å²) in [5, 5.41) is 9.86. The summed E-state index contributed by atoms with van der Waals surface area (Å²) in [6, 6.07) is 8.50. The van der Waals surface area contributed by atoms with Crippen molar-refractivity contribution < 1.29 is 22.4 Å². The first kappa shape index (κ1) is 20.9. The lowest BCUT2D eigenvalue weighted by Gasteiger charge is -2.11. The highest BCUT2D eigenvalue weighted by atomic mass is 35.5. The fourth-order valence-electron chi connectivity index (χ4n) is 2.32. The van der Waals surface area contributed by atoms with Gasteiger partial charge in [-0.3, -0.25) is 4.79 Å². The largest absolute Gasteiger partial charge is 0.417 e. The number of hydrogen-bond donors (Lipinski definition) is 2. The van der Waals surface area contributed by atoms with Crippen LogP contribution in [0.15, 0.2) is 47.6 Å². The third kappa shape index (κ3) is 4.98. The van der Waals surface area contributed by atoms with Gasteiger partial charge in [-0.05, 0) is 42.5 Å². The number of hydrogen-bond acceptors (Lipinski definition) is 5. The van der Waals surface area contributed by atoms with Crippen LogP contribution in [0.25, 0.3) is 11.4 Å². The summed E-state index contributed by atoms with van der Waals surface area (Å²) in [4.78, 5) is 12.1. The van der Waals surface area contributed by atoms with Gasteiger partial charge in [-0.15, -0.1) is 10.2 Å². The van der Waals surface area contributed by atoms with Crippen LogP contribution < -0.4 is 11.2 Å². The van der Waals surface area contributed by atoms with Gasteiger partial charge in [-0.25, -0.2) is 9.07 Å². The molecule has 1 aromatic heterocycles. The molecule has 0 fully saturated rings. The van der Waals surface area contributed by atoms with Gasteiger partial charge < -0.3 is 11.2 Å². The minimum atomic E-state index is -4.64. The van der Waals surface area contributed by atoms with E-state index in [1.165, 1.54) is 30.3 Å². The number of amides is 1. The molecule has 0 aliphatic heterocycles. The molecule has 3 rings (SSSR count). The van der Waals surface area contributed by atoms with Crippen molar-refractivity contribution in [2.75, 3.05) is 16.9 Å². The summed E-state index contributed by atoms with van der Waals surface area (Å²) in [5.41, 5.74) is -0.567. The number of aromatic nitrogens is 3. The van der Waals surface area contributed by atoms with Crippen LogP contribution in [-0.4, -0.2) is 26.5 Å². The van der Waals surface area contributed by atoms with Crippen LogP contribution in [0.2, 0.25) is 5.02 Å². The van der Waals surface area contributed by atoms with Crippen molar-refractivity contribution in [3.05, 3.63) is 58.9 Å². The summed E-state index contributed by atoms with van der Waals surface area (Å²) in [6.07, 6.45) is -4.64. The van der Waals surface area contributed by atoms with E-state index in [4.69, 9.17) is 17.4 Å². The molecule has 3 N–H and O–H groups in total. The summed E-state index contributed by atoms with van der Waals surface area (Å²) in [5.74, 6) is 5.00. The van der Waals surface area contributed by atoms with E-state index in [0.29, 0.717) is 5.56 Å². The molecule has 0 aliphatic rings. The van der Waals surface area contributed by atoms with Crippen molar-refractivity contribution in [1.82, 2.24) is 14.9 Å². The maximum atomic E-state index is 13.0. The minimum Gasteiger partial charge on any atom is -0.335 e. The molecule has 6 nitrogen and oxygen atoms in total. The van der Waals surface area contributed by atoms with E-state index in [-0.39, 0.29) is 22.4 Å². The number of benzene rings is 2. The second kappa shape index (κ2) is 8.29. The average molecular weight is 446 g/mol. The van der Waals surface area contributed by atoms with E-state index in [0.717, 1.165) is 28.6 Å². The Bertz CT molecular complexity index is 1040. The number of carbonyl (C=O) groups excluding carboxylic acids is 1. The summed E-state index contributed by atoms with van der Waals surface area (Å²) in [7, 11) is 0. The van der Waals surface area contributed by atoms with Crippen LogP contribution in [0.1, 0.15) is 5.56 Å². The molecule has 3 aromatic rings. The fourth-order valence-corrected chi connectivity index (χ4v) is 3.20. The lowest BCUT2D eigenvalue weighted by molar-refractivity contribution is -0.137. The lowest BCUT2D eigenvalue weighted by atomic mass is 10.2. The molecule has 0 radical (unpaired) electrons. The molecule has 0 saturated carbocycles. The van der Waals surface area contributed by atoms with Gasteiger partial charge in [0, 0.05) is 11.3 Å². The smallest absolute Gasteiger partial charge is 0.335 e. The third-order valence-corrected chi connectivity index (χ3v) is 4.93. The number of nitrogens with zero attached hydrogens (tertiary/aromatic N) is 3. The average Bonchev–Trinajstić information content (AvgIpc) is 3.02. The standard InChI is InChI=1S/C17H12ClF4N5OS/c18-13-6-5-11(7-12(13)17(20,21)22)24-14(28)8-29-16-26-25-15(27(16)23)9-1-3-10(19)4-2-9/h1-7H,8,23H2,(H,24,28). The van der Waals surface area contributed by atoms with Crippen molar-refractivity contribution in [1.29, 1.82) is 0 Å². The molecule has 0 unspecified atom stereocenters. The molecule has 1 amide bonds. The molecule has 0 aliphatic carbocycles. The number of nitrogens with two attached hydrogens (primary N) is 1. The van der Waals surface area contributed by atoms with Gasteiger partial charge >= 0.3 is 6.18 Å². The van der Waals surface area contributed by atoms with Crippen LogP contribution in [0.5, 0.6) is 0 Å². The highest BCUT2D eigenvalue weighted by molar-refractivity contribution is 7.99. The van der Waals surface area contributed by atoms with E-state index < -0.39 is 28.5 Å². The lowest BCUT2D eigenvalue weighted by Crippen LogP contribution is -2.17. The number of anilines is 1. The van der Waals surface area contributed by atoms with Crippen molar-refractivity contribution >= 4 is 35.0 Å². The second-order valence-corrected chi connectivity index (χ2v) is 7.06. The fraction of sp³-hybridized carbons (Fsp3) is 0.118. The number of thioether (sulfide) groups is 1.